The number of ether oxygens (including phenoxy) is 1. The van der Waals surface area contributed by atoms with E-state index in [9.17, 15) is 10.1 Å². The largest absolute Gasteiger partial charge is 0.489 e. The molecular weight excluding hydrogens is 542 g/mol. The van der Waals surface area contributed by atoms with Crippen molar-refractivity contribution in [2.24, 2.45) is 5.73 Å². The Balaban J connectivity index is 1.49. The number of fused-ring (bicyclic) bond motifs is 1. The number of hydrogen-bond acceptors (Lipinski definition) is 5. The van der Waals surface area contributed by atoms with Crippen LogP contribution in [0.3, 0.4) is 0 Å². The van der Waals surface area contributed by atoms with Gasteiger partial charge in [-0.25, -0.2) is 0 Å². The highest BCUT2D eigenvalue weighted by atomic mass is 35.5. The summed E-state index contributed by atoms with van der Waals surface area (Å²) in [6.45, 7) is 6.40. The normalized spacial score (nSPS) is 17.0. The predicted octanol–water partition coefficient (Wildman–Crippen LogP) is 8.30. The number of nitrogens with two attached hydrogens (primary N) is 1. The Kier molecular flexibility index (Phi) is 7.26. The zero-order chi connectivity index (χ0) is 29.5. The second kappa shape index (κ2) is 11.0. The van der Waals surface area contributed by atoms with Crippen molar-refractivity contribution in [1.82, 2.24) is 0 Å². The van der Waals surface area contributed by atoms with Crippen molar-refractivity contribution >= 4 is 33.8 Å². The predicted molar refractivity (Wildman–Crippen MR) is 168 cm³/mol. The molecule has 2 N–H and O–H groups in total. The molecule has 1 aliphatic carbocycles. The Morgan fingerprint density at radius 2 is 1.76 bits per heavy atom. The van der Waals surface area contributed by atoms with Gasteiger partial charge in [-0.15, -0.1) is 0 Å². The topological polar surface area (TPSA) is 79.4 Å². The van der Waals surface area contributed by atoms with Crippen LogP contribution < -0.4 is 15.4 Å². The van der Waals surface area contributed by atoms with E-state index < -0.39 is 5.92 Å². The lowest BCUT2D eigenvalue weighted by Gasteiger charge is -2.40. The number of rotatable bonds is 5. The van der Waals surface area contributed by atoms with E-state index in [1.54, 1.807) is 0 Å². The van der Waals surface area contributed by atoms with Gasteiger partial charge in [0.1, 0.15) is 18.2 Å². The Bertz CT molecular complexity index is 1860. The quantitative estimate of drug-likeness (QED) is 0.260. The van der Waals surface area contributed by atoms with Crippen molar-refractivity contribution < 1.29 is 9.53 Å². The molecule has 6 heteroatoms. The number of anilines is 1. The van der Waals surface area contributed by atoms with Crippen LogP contribution in [-0.2, 0) is 11.4 Å². The van der Waals surface area contributed by atoms with Crippen molar-refractivity contribution in [1.29, 1.82) is 5.26 Å². The minimum absolute atomic E-state index is 0.0706. The van der Waals surface area contributed by atoms with E-state index in [1.807, 2.05) is 61.2 Å². The van der Waals surface area contributed by atoms with Gasteiger partial charge in [-0.1, -0.05) is 60.1 Å². The lowest BCUT2D eigenvalue weighted by Crippen LogP contribution is -2.39. The molecule has 1 heterocycles. The molecule has 1 atom stereocenters. The average molecular weight is 574 g/mol. The molecule has 210 valence electrons. The van der Waals surface area contributed by atoms with E-state index in [0.29, 0.717) is 41.4 Å². The maximum atomic E-state index is 13.8. The van der Waals surface area contributed by atoms with Crippen LogP contribution in [0.4, 0.5) is 5.69 Å². The summed E-state index contributed by atoms with van der Waals surface area (Å²) in [6, 6.07) is 26.4. The number of halogens is 1. The summed E-state index contributed by atoms with van der Waals surface area (Å²) in [5, 5.41) is 13.3. The highest BCUT2D eigenvalue weighted by Crippen LogP contribution is 2.48. The minimum atomic E-state index is -0.541. The fourth-order valence-electron chi connectivity index (χ4n) is 6.39. The van der Waals surface area contributed by atoms with Crippen molar-refractivity contribution in [3.05, 3.63) is 128 Å². The van der Waals surface area contributed by atoms with Gasteiger partial charge in [-0.05, 0) is 91.1 Å². The van der Waals surface area contributed by atoms with Gasteiger partial charge in [-0.3, -0.25) is 9.69 Å². The van der Waals surface area contributed by atoms with Crippen LogP contribution in [0, 0.1) is 32.1 Å². The van der Waals surface area contributed by atoms with Crippen molar-refractivity contribution in [3.8, 4) is 11.8 Å². The third kappa shape index (κ3) is 4.72. The van der Waals surface area contributed by atoms with Gasteiger partial charge < -0.3 is 10.5 Å². The number of carbonyl (C=O) groups is 1. The second-order valence-electron chi connectivity index (χ2n) is 11.1. The van der Waals surface area contributed by atoms with E-state index in [2.05, 4.69) is 43.3 Å². The van der Waals surface area contributed by atoms with E-state index in [1.165, 1.54) is 0 Å². The number of allylic oxidation sites excluding steroid dienone is 3. The molecule has 4 aromatic carbocycles. The Hall–Kier alpha value is -4.53. The standard InChI is InChI=1S/C36H32ClN3O2/c1-21-16-22(2)28(18-25(21)20-42-33-15-14-26(37)17-23(33)3)34-29(19-38)36(39)40(31-12-7-13-32(41)35(31)34)30-11-6-9-24-8-4-5-10-27(24)30/h4-6,8-11,14-18,34H,7,12-13,20,39H2,1-3H3. The second-order valence-corrected chi connectivity index (χ2v) is 11.6. The number of benzene rings is 4. The van der Waals surface area contributed by atoms with Crippen LogP contribution >= 0.6 is 11.6 Å². The fraction of sp³-hybridized carbons (Fsp3) is 0.222. The molecule has 0 aromatic heterocycles. The first-order valence-electron chi connectivity index (χ1n) is 14.2. The van der Waals surface area contributed by atoms with Gasteiger partial charge in [-0.2, -0.15) is 5.26 Å². The summed E-state index contributed by atoms with van der Waals surface area (Å²) >= 11 is 6.14. The molecule has 0 saturated carbocycles. The zero-order valence-corrected chi connectivity index (χ0v) is 24.8. The highest BCUT2D eigenvalue weighted by molar-refractivity contribution is 6.30. The molecule has 0 amide bonds. The van der Waals surface area contributed by atoms with Crippen molar-refractivity contribution in [2.75, 3.05) is 4.90 Å². The van der Waals surface area contributed by atoms with E-state index >= 15 is 0 Å². The van der Waals surface area contributed by atoms with Crippen molar-refractivity contribution in [3.63, 3.8) is 0 Å². The summed E-state index contributed by atoms with van der Waals surface area (Å²) < 4.78 is 6.21. The van der Waals surface area contributed by atoms with E-state index in [-0.39, 0.29) is 5.78 Å². The molecule has 0 spiro atoms. The summed E-state index contributed by atoms with van der Waals surface area (Å²) in [7, 11) is 0. The third-order valence-electron chi connectivity index (χ3n) is 8.48. The van der Waals surface area contributed by atoms with Gasteiger partial charge in [0.15, 0.2) is 5.78 Å². The van der Waals surface area contributed by atoms with Crippen LogP contribution in [-0.4, -0.2) is 5.78 Å². The molecule has 2 aliphatic rings. The number of aryl methyl sites for hydroxylation is 3. The molecule has 6 rings (SSSR count). The van der Waals surface area contributed by atoms with Gasteiger partial charge >= 0.3 is 0 Å². The zero-order valence-electron chi connectivity index (χ0n) is 24.0. The number of nitrogens with zero attached hydrogens (tertiary/aromatic N) is 2. The van der Waals surface area contributed by atoms with Crippen LogP contribution in [0.15, 0.2) is 95.5 Å². The fourth-order valence-corrected chi connectivity index (χ4v) is 6.62. The van der Waals surface area contributed by atoms with Crippen LogP contribution in [0.25, 0.3) is 10.8 Å². The van der Waals surface area contributed by atoms with Gasteiger partial charge in [0.05, 0.1) is 23.2 Å². The molecule has 4 aromatic rings. The molecule has 0 bridgehead atoms. The lowest BCUT2D eigenvalue weighted by molar-refractivity contribution is -0.116. The molecule has 42 heavy (non-hydrogen) atoms. The number of hydrogen-bond donors (Lipinski definition) is 1. The number of nitriles is 1. The van der Waals surface area contributed by atoms with Crippen LogP contribution in [0.1, 0.15) is 53.0 Å². The summed E-state index contributed by atoms with van der Waals surface area (Å²) in [5.74, 6) is 0.669. The maximum Gasteiger partial charge on any atom is 0.161 e. The SMILES string of the molecule is Cc1cc(C)c(C2C(C#N)=C(N)N(c3cccc4ccccc34)C3=C2C(=O)CCC3)cc1COc1ccc(Cl)cc1C. The molecule has 1 unspecified atom stereocenters. The molecule has 0 radical (unpaired) electrons. The first-order chi connectivity index (χ1) is 20.3. The van der Waals surface area contributed by atoms with Crippen molar-refractivity contribution in [2.45, 2.75) is 52.6 Å². The van der Waals surface area contributed by atoms with Crippen LogP contribution in [0.2, 0.25) is 5.02 Å². The molecule has 0 saturated heterocycles. The average Bonchev–Trinajstić information content (AvgIpc) is 2.97. The maximum absolute atomic E-state index is 13.8. The Morgan fingerprint density at radius 1 is 0.976 bits per heavy atom. The van der Waals surface area contributed by atoms with Gasteiger partial charge in [0.2, 0.25) is 0 Å². The first-order valence-corrected chi connectivity index (χ1v) is 14.6. The summed E-state index contributed by atoms with van der Waals surface area (Å²) in [4.78, 5) is 15.7. The van der Waals surface area contributed by atoms with Gasteiger partial charge in [0, 0.05) is 28.1 Å². The van der Waals surface area contributed by atoms with Gasteiger partial charge in [0.25, 0.3) is 0 Å². The molecule has 5 nitrogen and oxygen atoms in total. The number of carbonyl (C=O) groups excluding carboxylic acids is 1. The summed E-state index contributed by atoms with van der Waals surface area (Å²) in [6.07, 6.45) is 1.90. The molecule has 1 aliphatic heterocycles. The highest BCUT2D eigenvalue weighted by Gasteiger charge is 2.41. The first kappa shape index (κ1) is 27.6. The van der Waals surface area contributed by atoms with E-state index in [4.69, 9.17) is 22.1 Å². The number of ketones is 1. The number of Topliss-reactive ketones (excluding diaryl/α,β-unsaturated/α-hetero) is 1. The molecular formula is C36H32ClN3O2. The van der Waals surface area contributed by atoms with Crippen LogP contribution in [0.5, 0.6) is 5.75 Å². The minimum Gasteiger partial charge on any atom is -0.489 e. The summed E-state index contributed by atoms with van der Waals surface area (Å²) in [5.41, 5.74) is 14.7. The monoisotopic (exact) mass is 573 g/mol. The smallest absolute Gasteiger partial charge is 0.161 e. The van der Waals surface area contributed by atoms with E-state index in [0.717, 1.165) is 62.1 Å². The molecule has 0 fully saturated rings. The Labute approximate surface area is 251 Å². The third-order valence-corrected chi connectivity index (χ3v) is 8.71. The Morgan fingerprint density at radius 3 is 2.55 bits per heavy atom. The lowest BCUT2D eigenvalue weighted by atomic mass is 9.74.